The molecule has 0 bridgehead atoms. The Kier molecular flexibility index (Phi) is 5.30. The Bertz CT molecular complexity index is 1240. The molecule has 3 aromatic rings. The number of nitrogens with two attached hydrogens (primary N) is 2. The molecule has 1 aliphatic heterocycles. The second-order valence-electron chi connectivity index (χ2n) is 8.53. The zero-order chi connectivity index (χ0) is 23.9. The number of nitrogens with zero attached hydrogens (tertiary/aromatic N) is 5. The zero-order valence-corrected chi connectivity index (χ0v) is 18.3. The maximum Gasteiger partial charge on any atom is 0.435 e. The van der Waals surface area contributed by atoms with Gasteiger partial charge in [0.1, 0.15) is 5.66 Å². The fraction of sp³-hybridized carbons (Fsp3) is 0.292. The number of halogens is 3. The molecule has 1 fully saturated rings. The van der Waals surface area contributed by atoms with Crippen LogP contribution in [0.1, 0.15) is 37.8 Å². The Balaban J connectivity index is 1.55. The second-order valence-corrected chi connectivity index (χ2v) is 8.53. The van der Waals surface area contributed by atoms with E-state index in [2.05, 4.69) is 15.1 Å². The van der Waals surface area contributed by atoms with Crippen molar-refractivity contribution in [2.75, 3.05) is 4.90 Å². The van der Waals surface area contributed by atoms with Crippen LogP contribution in [0.25, 0.3) is 16.9 Å². The van der Waals surface area contributed by atoms with Gasteiger partial charge < -0.3 is 11.5 Å². The molecule has 4 N–H and O–H groups in total. The summed E-state index contributed by atoms with van der Waals surface area (Å²) < 4.78 is 41.7. The first-order valence-corrected chi connectivity index (χ1v) is 11.1. The summed E-state index contributed by atoms with van der Waals surface area (Å²) in [5.41, 5.74) is 12.9. The lowest BCUT2D eigenvalue weighted by molar-refractivity contribution is -0.141. The Morgan fingerprint density at radius 1 is 0.853 bits per heavy atom. The van der Waals surface area contributed by atoms with Crippen molar-refractivity contribution in [1.82, 2.24) is 9.78 Å². The maximum atomic E-state index is 13.5. The number of guanidine groups is 2. The normalized spacial score (nSPS) is 18.0. The van der Waals surface area contributed by atoms with E-state index in [1.54, 1.807) is 42.5 Å². The van der Waals surface area contributed by atoms with Crippen molar-refractivity contribution in [2.45, 2.75) is 43.9 Å². The summed E-state index contributed by atoms with van der Waals surface area (Å²) in [6.45, 7) is 0. The fourth-order valence-electron chi connectivity index (χ4n) is 4.77. The van der Waals surface area contributed by atoms with Crippen LogP contribution in [0.4, 0.5) is 18.9 Å². The minimum Gasteiger partial charge on any atom is -0.369 e. The largest absolute Gasteiger partial charge is 0.435 e. The summed E-state index contributed by atoms with van der Waals surface area (Å²) in [6, 6.07) is 17.0. The van der Waals surface area contributed by atoms with Gasteiger partial charge in [-0.2, -0.15) is 23.3 Å². The summed E-state index contributed by atoms with van der Waals surface area (Å²) in [5.74, 6) is 0.426. The predicted octanol–water partition coefficient (Wildman–Crippen LogP) is 4.67. The lowest BCUT2D eigenvalue weighted by Crippen LogP contribution is -2.58. The van der Waals surface area contributed by atoms with Crippen molar-refractivity contribution in [1.29, 1.82) is 0 Å². The summed E-state index contributed by atoms with van der Waals surface area (Å²) in [5, 5.41) is 3.84. The van der Waals surface area contributed by atoms with E-state index in [4.69, 9.17) is 11.5 Å². The van der Waals surface area contributed by atoms with E-state index in [-0.39, 0.29) is 11.9 Å². The van der Waals surface area contributed by atoms with E-state index in [9.17, 15) is 13.2 Å². The van der Waals surface area contributed by atoms with Crippen LogP contribution in [-0.4, -0.2) is 27.4 Å². The summed E-state index contributed by atoms with van der Waals surface area (Å²) in [4.78, 5) is 10.7. The summed E-state index contributed by atoms with van der Waals surface area (Å²) in [6.07, 6.45) is 0.137. The van der Waals surface area contributed by atoms with Crippen LogP contribution < -0.4 is 16.4 Å². The Morgan fingerprint density at radius 3 is 2.18 bits per heavy atom. The molecule has 5 rings (SSSR count). The molecule has 1 spiro atoms. The average Bonchev–Trinajstić information content (AvgIpc) is 3.26. The van der Waals surface area contributed by atoms with Crippen LogP contribution in [0, 0.1) is 0 Å². The first kappa shape index (κ1) is 22.0. The highest BCUT2D eigenvalue weighted by Gasteiger charge is 2.42. The quantitative estimate of drug-likeness (QED) is 0.585. The number of anilines is 1. The van der Waals surface area contributed by atoms with E-state index in [1.165, 1.54) is 4.68 Å². The maximum absolute atomic E-state index is 13.5. The zero-order valence-electron chi connectivity index (χ0n) is 18.3. The van der Waals surface area contributed by atoms with Crippen LogP contribution in [-0.2, 0) is 6.18 Å². The van der Waals surface area contributed by atoms with Gasteiger partial charge in [0, 0.05) is 11.3 Å². The smallest absolute Gasteiger partial charge is 0.369 e. The van der Waals surface area contributed by atoms with Gasteiger partial charge in [0.15, 0.2) is 5.69 Å². The average molecular weight is 467 g/mol. The lowest BCUT2D eigenvalue weighted by atomic mass is 9.87. The van der Waals surface area contributed by atoms with E-state index >= 15 is 0 Å². The topological polar surface area (TPSA) is 97.8 Å². The van der Waals surface area contributed by atoms with Crippen molar-refractivity contribution in [3.8, 4) is 16.9 Å². The standard InChI is InChI=1S/C24H24F3N7/c25-24(26,27)20-15-19(34(32-20)18-7-3-1-4-8-18)16-9-11-17(12-10-16)33-22(29)30-21(28)31-23(33)13-5-2-6-14-23/h1,3-4,7-12,15H,2,5-6,13-14H2,(H4,28,29,30,31). The highest BCUT2D eigenvalue weighted by Crippen LogP contribution is 2.40. The van der Waals surface area contributed by atoms with Crippen LogP contribution in [0.15, 0.2) is 70.6 Å². The molecule has 34 heavy (non-hydrogen) atoms. The number of benzene rings is 2. The van der Waals surface area contributed by atoms with Gasteiger partial charge in [-0.15, -0.1) is 0 Å². The molecule has 2 aliphatic rings. The Hall–Kier alpha value is -3.82. The van der Waals surface area contributed by atoms with Gasteiger partial charge in [0.25, 0.3) is 0 Å². The van der Waals surface area contributed by atoms with Crippen LogP contribution in [0.3, 0.4) is 0 Å². The molecule has 1 aromatic heterocycles. The lowest BCUT2D eigenvalue weighted by Gasteiger charge is -2.45. The van der Waals surface area contributed by atoms with Crippen LogP contribution in [0.5, 0.6) is 0 Å². The molecule has 10 heteroatoms. The molecular formula is C24H24F3N7. The molecule has 1 aliphatic carbocycles. The highest BCUT2D eigenvalue weighted by atomic mass is 19.4. The van der Waals surface area contributed by atoms with Crippen LogP contribution in [0.2, 0.25) is 0 Å². The van der Waals surface area contributed by atoms with E-state index in [1.807, 2.05) is 17.0 Å². The second kappa shape index (κ2) is 8.19. The predicted molar refractivity (Wildman–Crippen MR) is 126 cm³/mol. The number of hydrogen-bond acceptors (Lipinski definition) is 6. The first-order valence-electron chi connectivity index (χ1n) is 11.1. The summed E-state index contributed by atoms with van der Waals surface area (Å²) >= 11 is 0. The van der Waals surface area contributed by atoms with Crippen molar-refractivity contribution in [2.24, 2.45) is 21.5 Å². The third kappa shape index (κ3) is 3.89. The van der Waals surface area contributed by atoms with Gasteiger partial charge in [0.05, 0.1) is 11.4 Å². The molecule has 0 unspecified atom stereocenters. The number of rotatable bonds is 3. The minimum atomic E-state index is -4.56. The van der Waals surface area contributed by atoms with Gasteiger partial charge in [-0.05, 0) is 56.0 Å². The van der Waals surface area contributed by atoms with Crippen LogP contribution >= 0.6 is 0 Å². The van der Waals surface area contributed by atoms with Crippen molar-refractivity contribution >= 4 is 17.6 Å². The first-order chi connectivity index (χ1) is 16.3. The van der Waals surface area contributed by atoms with Gasteiger partial charge in [-0.25, -0.2) is 9.67 Å². The number of para-hydroxylation sites is 1. The van der Waals surface area contributed by atoms with Crippen molar-refractivity contribution in [3.63, 3.8) is 0 Å². The Morgan fingerprint density at radius 2 is 1.53 bits per heavy atom. The summed E-state index contributed by atoms with van der Waals surface area (Å²) in [7, 11) is 0. The molecule has 7 nitrogen and oxygen atoms in total. The monoisotopic (exact) mass is 467 g/mol. The molecule has 1 saturated carbocycles. The molecule has 2 heterocycles. The fourth-order valence-corrected chi connectivity index (χ4v) is 4.77. The third-order valence-electron chi connectivity index (χ3n) is 6.27. The Labute approximate surface area is 194 Å². The van der Waals surface area contributed by atoms with Gasteiger partial charge >= 0.3 is 6.18 Å². The number of alkyl halides is 3. The number of aliphatic imine (C=N–C) groups is 2. The molecule has 0 saturated heterocycles. The van der Waals surface area contributed by atoms with E-state index in [0.717, 1.165) is 43.9 Å². The van der Waals surface area contributed by atoms with Gasteiger partial charge in [-0.1, -0.05) is 36.8 Å². The van der Waals surface area contributed by atoms with Crippen molar-refractivity contribution < 1.29 is 13.2 Å². The molecule has 2 aromatic carbocycles. The number of aromatic nitrogens is 2. The van der Waals surface area contributed by atoms with Gasteiger partial charge in [0.2, 0.25) is 11.9 Å². The third-order valence-corrected chi connectivity index (χ3v) is 6.27. The molecule has 0 radical (unpaired) electrons. The van der Waals surface area contributed by atoms with E-state index < -0.39 is 17.5 Å². The number of hydrogen-bond donors (Lipinski definition) is 2. The molecule has 176 valence electrons. The van der Waals surface area contributed by atoms with E-state index in [0.29, 0.717) is 16.9 Å². The molecular weight excluding hydrogens is 443 g/mol. The van der Waals surface area contributed by atoms with Gasteiger partial charge in [-0.3, -0.25) is 4.90 Å². The highest BCUT2D eigenvalue weighted by molar-refractivity contribution is 6.05. The minimum absolute atomic E-state index is 0.165. The van der Waals surface area contributed by atoms with Crippen molar-refractivity contribution in [3.05, 3.63) is 66.4 Å². The SMILES string of the molecule is NC1=NC2(CCCCC2)N(c2ccc(-c3cc(C(F)(F)F)nn3-c3ccccc3)cc2)C(N)=N1. The molecule has 0 atom stereocenters. The molecule has 0 amide bonds.